The van der Waals surface area contributed by atoms with Gasteiger partial charge in [-0.2, -0.15) is 0 Å². The highest BCUT2D eigenvalue weighted by molar-refractivity contribution is 6.29. The van der Waals surface area contributed by atoms with E-state index in [-0.39, 0.29) is 0 Å². The van der Waals surface area contributed by atoms with E-state index < -0.39 is 0 Å². The van der Waals surface area contributed by atoms with Crippen molar-refractivity contribution in [2.45, 2.75) is 6.92 Å². The van der Waals surface area contributed by atoms with Crippen LogP contribution in [-0.4, -0.2) is 4.98 Å². The number of hydrogen-bond acceptors (Lipinski definition) is 1. The smallest absolute Gasteiger partial charge is 0.0347 e. The molecular weight excluding hydrogens is 350 g/mol. The second-order valence-corrected chi connectivity index (χ2v) is 7.78. The first-order valence-corrected chi connectivity index (χ1v) is 9.97. The number of aromatic nitrogens is 1. The molecule has 0 aliphatic carbocycles. The largest absolute Gasteiger partial charge is 0.263 e. The van der Waals surface area contributed by atoms with Gasteiger partial charge in [0.05, 0.1) is 0 Å². The number of hydrogen-bond donors (Lipinski definition) is 0. The van der Waals surface area contributed by atoms with Crippen LogP contribution >= 0.6 is 0 Å². The van der Waals surface area contributed by atoms with Crippen molar-refractivity contribution in [1.82, 2.24) is 4.98 Å². The Labute approximate surface area is 169 Å². The van der Waals surface area contributed by atoms with Crippen molar-refractivity contribution in [2.75, 3.05) is 0 Å². The molecule has 0 N–H and O–H groups in total. The summed E-state index contributed by atoms with van der Waals surface area (Å²) in [6.45, 7) is 2.19. The van der Waals surface area contributed by atoms with Gasteiger partial charge in [-0.25, -0.2) is 0 Å². The van der Waals surface area contributed by atoms with Crippen LogP contribution in [0.3, 0.4) is 0 Å². The van der Waals surface area contributed by atoms with Crippen molar-refractivity contribution in [1.29, 1.82) is 0 Å². The predicted octanol–water partition coefficient (Wildman–Crippen LogP) is 7.62. The van der Waals surface area contributed by atoms with Crippen LogP contribution in [0.4, 0.5) is 0 Å². The maximum atomic E-state index is 4.56. The monoisotopic (exact) mass is 369 g/mol. The van der Waals surface area contributed by atoms with Crippen molar-refractivity contribution < 1.29 is 0 Å². The van der Waals surface area contributed by atoms with Gasteiger partial charge in [-0.3, -0.25) is 4.98 Å². The second kappa shape index (κ2) is 6.15. The second-order valence-electron chi connectivity index (χ2n) is 7.78. The highest BCUT2D eigenvalue weighted by atomic mass is 14.6. The summed E-state index contributed by atoms with van der Waals surface area (Å²) in [7, 11) is 0. The average molecular weight is 369 g/mol. The Morgan fingerprint density at radius 3 is 1.52 bits per heavy atom. The number of benzene rings is 5. The molecule has 5 aromatic carbocycles. The van der Waals surface area contributed by atoms with Crippen molar-refractivity contribution in [2.24, 2.45) is 0 Å². The molecule has 0 aliphatic rings. The minimum absolute atomic E-state index is 1.20. The van der Waals surface area contributed by atoms with E-state index in [1.165, 1.54) is 60.1 Å². The van der Waals surface area contributed by atoms with Crippen LogP contribution in [0.1, 0.15) is 5.56 Å². The van der Waals surface area contributed by atoms with Gasteiger partial charge in [0.15, 0.2) is 0 Å². The molecule has 6 aromatic rings. The summed E-state index contributed by atoms with van der Waals surface area (Å²) in [5.74, 6) is 0. The summed E-state index contributed by atoms with van der Waals surface area (Å²) in [6.07, 6.45) is 3.99. The van der Waals surface area contributed by atoms with E-state index in [1.807, 2.05) is 12.4 Å². The lowest BCUT2D eigenvalue weighted by Crippen LogP contribution is -1.92. The Morgan fingerprint density at radius 1 is 0.552 bits per heavy atom. The lowest BCUT2D eigenvalue weighted by Gasteiger charge is -2.18. The van der Waals surface area contributed by atoms with Crippen molar-refractivity contribution in [3.05, 3.63) is 103 Å². The van der Waals surface area contributed by atoms with Crippen LogP contribution in [0.5, 0.6) is 0 Å². The molecule has 0 bridgehead atoms. The molecule has 1 aromatic heterocycles. The normalized spacial score (nSPS) is 11.6. The Morgan fingerprint density at radius 2 is 1.03 bits per heavy atom. The molecule has 0 radical (unpaired) electrons. The third-order valence-electron chi connectivity index (χ3n) is 5.89. The molecule has 0 atom stereocenters. The molecule has 0 fully saturated rings. The summed E-state index contributed by atoms with van der Waals surface area (Å²) in [6, 6.07) is 30.6. The summed E-state index contributed by atoms with van der Waals surface area (Å²) in [4.78, 5) is 4.56. The lowest BCUT2D eigenvalue weighted by molar-refractivity contribution is 1.38. The number of pyridine rings is 1. The minimum atomic E-state index is 1.20. The molecule has 1 heteroatoms. The predicted molar refractivity (Wildman–Crippen MR) is 124 cm³/mol. The highest BCUT2D eigenvalue weighted by Gasteiger charge is 2.17. The lowest BCUT2D eigenvalue weighted by atomic mass is 9.85. The van der Waals surface area contributed by atoms with E-state index in [1.54, 1.807) is 0 Å². The van der Waals surface area contributed by atoms with E-state index >= 15 is 0 Å². The number of nitrogens with zero attached hydrogens (tertiary/aromatic N) is 1. The topological polar surface area (TPSA) is 12.9 Å². The third kappa shape index (κ3) is 2.44. The molecule has 0 saturated heterocycles. The van der Waals surface area contributed by atoms with E-state index in [9.17, 15) is 0 Å². The molecule has 1 nitrogen and oxygen atoms in total. The zero-order chi connectivity index (χ0) is 19.4. The molecule has 0 aliphatic heterocycles. The van der Waals surface area contributed by atoms with Gasteiger partial charge >= 0.3 is 0 Å². The molecule has 0 amide bonds. The standard InChI is InChI=1S/C28H19N/c1-18-12-25-23(19-8-4-2-5-9-19)14-21-16-29-17-22-15-24(20-10-6-3-7-11-20)26(13-18)28(25)27(21)22/h2-17H,1H3. The first kappa shape index (κ1) is 16.3. The van der Waals surface area contributed by atoms with Crippen LogP contribution in [0.15, 0.2) is 97.3 Å². The maximum Gasteiger partial charge on any atom is 0.0347 e. The summed E-state index contributed by atoms with van der Waals surface area (Å²) >= 11 is 0. The Kier molecular flexibility index (Phi) is 3.45. The van der Waals surface area contributed by atoms with E-state index in [4.69, 9.17) is 0 Å². The van der Waals surface area contributed by atoms with E-state index in [0.717, 1.165) is 0 Å². The van der Waals surface area contributed by atoms with Crippen LogP contribution in [-0.2, 0) is 0 Å². The van der Waals surface area contributed by atoms with Crippen molar-refractivity contribution in [3.8, 4) is 22.3 Å². The van der Waals surface area contributed by atoms with Crippen LogP contribution in [0.2, 0.25) is 0 Å². The van der Waals surface area contributed by atoms with Gasteiger partial charge in [-0.15, -0.1) is 0 Å². The fourth-order valence-corrected chi connectivity index (χ4v) is 4.66. The SMILES string of the molecule is Cc1cc2c(-c3ccccc3)cc3cncc4cc(-c5ccccc5)c(c1)c2c34. The van der Waals surface area contributed by atoms with E-state index in [0.29, 0.717) is 0 Å². The van der Waals surface area contributed by atoms with Crippen LogP contribution in [0.25, 0.3) is 54.6 Å². The molecule has 136 valence electrons. The Hall–Kier alpha value is -3.71. The van der Waals surface area contributed by atoms with Gasteiger partial charge in [0.2, 0.25) is 0 Å². The summed E-state index contributed by atoms with van der Waals surface area (Å²) in [5.41, 5.74) is 6.31. The quantitative estimate of drug-likeness (QED) is 0.286. The molecule has 6 rings (SSSR count). The first-order valence-electron chi connectivity index (χ1n) is 9.97. The van der Waals surface area contributed by atoms with Crippen LogP contribution < -0.4 is 0 Å². The fraction of sp³-hybridized carbons (Fsp3) is 0.0357. The zero-order valence-electron chi connectivity index (χ0n) is 16.2. The van der Waals surface area contributed by atoms with Gasteiger partial charge < -0.3 is 0 Å². The Bertz CT molecular complexity index is 1370. The maximum absolute atomic E-state index is 4.56. The molecule has 29 heavy (non-hydrogen) atoms. The zero-order valence-corrected chi connectivity index (χ0v) is 16.2. The van der Waals surface area contributed by atoms with Gasteiger partial charge in [-0.1, -0.05) is 72.8 Å². The first-order chi connectivity index (χ1) is 14.3. The minimum Gasteiger partial charge on any atom is -0.263 e. The van der Waals surface area contributed by atoms with Crippen LogP contribution in [0, 0.1) is 6.92 Å². The van der Waals surface area contributed by atoms with Gasteiger partial charge in [-0.05, 0) is 63.0 Å². The van der Waals surface area contributed by atoms with Gasteiger partial charge in [0, 0.05) is 28.6 Å². The van der Waals surface area contributed by atoms with E-state index in [2.05, 4.69) is 96.8 Å². The fourth-order valence-electron chi connectivity index (χ4n) is 4.66. The molecule has 0 spiro atoms. The molecule has 1 heterocycles. The molecule has 0 unspecified atom stereocenters. The van der Waals surface area contributed by atoms with Crippen molar-refractivity contribution >= 4 is 32.3 Å². The average Bonchev–Trinajstić information content (AvgIpc) is 2.77. The van der Waals surface area contributed by atoms with Gasteiger partial charge in [0.1, 0.15) is 0 Å². The summed E-state index contributed by atoms with van der Waals surface area (Å²) in [5, 5.41) is 7.67. The van der Waals surface area contributed by atoms with Crippen molar-refractivity contribution in [3.63, 3.8) is 0 Å². The number of aryl methyl sites for hydroxylation is 1. The van der Waals surface area contributed by atoms with Gasteiger partial charge in [0.25, 0.3) is 0 Å². The summed E-state index contributed by atoms with van der Waals surface area (Å²) < 4.78 is 0. The molecule has 0 saturated carbocycles. The molecular formula is C28H19N. The Balaban J connectivity index is 1.87. The highest BCUT2D eigenvalue weighted by Crippen LogP contribution is 2.44. The number of rotatable bonds is 2. The third-order valence-corrected chi connectivity index (χ3v) is 5.89.